The third kappa shape index (κ3) is 1.61. The van der Waals surface area contributed by atoms with E-state index in [1.165, 1.54) is 18.2 Å². The second-order valence-electron chi connectivity index (χ2n) is 3.69. The van der Waals surface area contributed by atoms with Gasteiger partial charge in [0.2, 0.25) is 0 Å². The maximum atomic E-state index is 10.9. The first kappa shape index (κ1) is 10.1. The zero-order valence-corrected chi connectivity index (χ0v) is 8.53. The third-order valence-corrected chi connectivity index (χ3v) is 2.94. The number of nitro benzene ring substituents is 1. The summed E-state index contributed by atoms with van der Waals surface area (Å²) in [6.45, 7) is 0. The number of nitrogens with zero attached hydrogens (tertiary/aromatic N) is 1. The lowest BCUT2D eigenvalue weighted by atomic mass is 9.96. The van der Waals surface area contributed by atoms with Crippen molar-refractivity contribution in [1.82, 2.24) is 0 Å². The number of aldehydes is 1. The van der Waals surface area contributed by atoms with Gasteiger partial charge in [0, 0.05) is 16.7 Å². The molecule has 2 rings (SSSR count). The third-order valence-electron chi connectivity index (χ3n) is 2.71. The molecular weight excluding hydrogens is 218 g/mol. The zero-order chi connectivity index (χ0) is 11.1. The Kier molecular flexibility index (Phi) is 2.23. The maximum absolute atomic E-state index is 10.9. The van der Waals surface area contributed by atoms with Gasteiger partial charge in [-0.25, -0.2) is 0 Å². The van der Waals surface area contributed by atoms with E-state index < -0.39 is 10.3 Å². The molecule has 0 saturated heterocycles. The van der Waals surface area contributed by atoms with Crippen molar-refractivity contribution < 1.29 is 9.72 Å². The summed E-state index contributed by atoms with van der Waals surface area (Å²) in [6, 6.07) is 4.33. The first-order chi connectivity index (χ1) is 7.09. The number of benzene rings is 1. The standard InChI is InChI=1S/C10H8ClNO3/c11-7-1-2-9(12(14)15)8(5-7)10(6-13)3-4-10/h1-2,5-6H,3-4H2. The van der Waals surface area contributed by atoms with E-state index in [4.69, 9.17) is 11.6 Å². The van der Waals surface area contributed by atoms with E-state index in [0.29, 0.717) is 23.4 Å². The molecule has 4 nitrogen and oxygen atoms in total. The van der Waals surface area contributed by atoms with Crippen molar-refractivity contribution in [2.75, 3.05) is 0 Å². The van der Waals surface area contributed by atoms with Crippen LogP contribution in [0.5, 0.6) is 0 Å². The molecule has 5 heteroatoms. The summed E-state index contributed by atoms with van der Waals surface area (Å²) in [6.07, 6.45) is 2.11. The largest absolute Gasteiger partial charge is 0.302 e. The molecule has 0 N–H and O–H groups in total. The van der Waals surface area contributed by atoms with Crippen LogP contribution in [0, 0.1) is 10.1 Å². The van der Waals surface area contributed by atoms with Crippen LogP contribution in [-0.4, -0.2) is 11.2 Å². The van der Waals surface area contributed by atoms with E-state index in [1.807, 2.05) is 0 Å². The Morgan fingerprint density at radius 1 is 1.47 bits per heavy atom. The van der Waals surface area contributed by atoms with E-state index in [0.717, 1.165) is 6.29 Å². The van der Waals surface area contributed by atoms with Gasteiger partial charge in [0.15, 0.2) is 0 Å². The molecule has 0 aliphatic heterocycles. The molecule has 0 amide bonds. The second-order valence-corrected chi connectivity index (χ2v) is 4.13. The number of hydrogen-bond donors (Lipinski definition) is 0. The number of rotatable bonds is 3. The van der Waals surface area contributed by atoms with Crippen molar-refractivity contribution in [2.24, 2.45) is 0 Å². The van der Waals surface area contributed by atoms with Gasteiger partial charge < -0.3 is 4.79 Å². The van der Waals surface area contributed by atoms with Crippen molar-refractivity contribution in [3.8, 4) is 0 Å². The molecule has 1 aromatic carbocycles. The number of halogens is 1. The summed E-state index contributed by atoms with van der Waals surface area (Å²) >= 11 is 5.77. The van der Waals surface area contributed by atoms with E-state index in [9.17, 15) is 14.9 Å². The fourth-order valence-corrected chi connectivity index (χ4v) is 1.82. The normalized spacial score (nSPS) is 17.1. The van der Waals surface area contributed by atoms with Gasteiger partial charge in [0.05, 0.1) is 10.3 Å². The fourth-order valence-electron chi connectivity index (χ4n) is 1.65. The van der Waals surface area contributed by atoms with E-state index >= 15 is 0 Å². The molecule has 0 atom stereocenters. The van der Waals surface area contributed by atoms with Crippen molar-refractivity contribution in [3.05, 3.63) is 38.9 Å². The first-order valence-corrected chi connectivity index (χ1v) is 4.88. The molecule has 0 unspecified atom stereocenters. The number of nitro groups is 1. The van der Waals surface area contributed by atoms with Crippen LogP contribution in [0.1, 0.15) is 18.4 Å². The summed E-state index contributed by atoms with van der Waals surface area (Å²) in [5.41, 5.74) is -0.244. The van der Waals surface area contributed by atoms with Crippen LogP contribution >= 0.6 is 11.6 Å². The number of hydrogen-bond acceptors (Lipinski definition) is 3. The Hall–Kier alpha value is -1.42. The molecule has 1 saturated carbocycles. The Morgan fingerprint density at radius 3 is 2.60 bits per heavy atom. The topological polar surface area (TPSA) is 60.2 Å². The van der Waals surface area contributed by atoms with Crippen molar-refractivity contribution in [1.29, 1.82) is 0 Å². The Bertz CT molecular complexity index is 440. The van der Waals surface area contributed by atoms with Crippen molar-refractivity contribution in [3.63, 3.8) is 0 Å². The zero-order valence-electron chi connectivity index (χ0n) is 7.77. The quantitative estimate of drug-likeness (QED) is 0.451. The van der Waals surface area contributed by atoms with Crippen LogP contribution < -0.4 is 0 Å². The molecular formula is C10H8ClNO3. The van der Waals surface area contributed by atoms with Crippen LogP contribution in [0.15, 0.2) is 18.2 Å². The van der Waals surface area contributed by atoms with E-state index in [2.05, 4.69) is 0 Å². The van der Waals surface area contributed by atoms with Gasteiger partial charge in [-0.1, -0.05) is 11.6 Å². The minimum Gasteiger partial charge on any atom is -0.302 e. The summed E-state index contributed by atoms with van der Waals surface area (Å²) < 4.78 is 0. The Balaban J connectivity index is 2.57. The highest BCUT2D eigenvalue weighted by molar-refractivity contribution is 6.30. The molecule has 1 aliphatic rings. The van der Waals surface area contributed by atoms with Gasteiger partial charge in [-0.3, -0.25) is 10.1 Å². The van der Waals surface area contributed by atoms with Crippen molar-refractivity contribution >= 4 is 23.6 Å². The minimum absolute atomic E-state index is 0.0241. The fraction of sp³-hybridized carbons (Fsp3) is 0.300. The van der Waals surface area contributed by atoms with Gasteiger partial charge in [0.1, 0.15) is 6.29 Å². The second kappa shape index (κ2) is 3.31. The molecule has 15 heavy (non-hydrogen) atoms. The summed E-state index contributed by atoms with van der Waals surface area (Å²) in [5.74, 6) is 0. The van der Waals surface area contributed by atoms with Crippen molar-refractivity contribution in [2.45, 2.75) is 18.3 Å². The predicted molar refractivity (Wildman–Crippen MR) is 55.1 cm³/mol. The monoisotopic (exact) mass is 225 g/mol. The number of carbonyl (C=O) groups is 1. The van der Waals surface area contributed by atoms with Crippen LogP contribution in [0.25, 0.3) is 0 Å². The lowest BCUT2D eigenvalue weighted by molar-refractivity contribution is -0.385. The maximum Gasteiger partial charge on any atom is 0.273 e. The van der Waals surface area contributed by atoms with Gasteiger partial charge >= 0.3 is 0 Å². The Morgan fingerprint density at radius 2 is 2.13 bits per heavy atom. The van der Waals surface area contributed by atoms with Crippen LogP contribution in [0.4, 0.5) is 5.69 Å². The average Bonchev–Trinajstić information content (AvgIpc) is 2.97. The Labute approximate surface area is 91.0 Å². The van der Waals surface area contributed by atoms with Crippen LogP contribution in [0.3, 0.4) is 0 Å². The molecule has 0 spiro atoms. The molecule has 0 heterocycles. The SMILES string of the molecule is O=CC1(c2cc(Cl)ccc2[N+](=O)[O-])CC1. The lowest BCUT2D eigenvalue weighted by Crippen LogP contribution is -2.10. The van der Waals surface area contributed by atoms with Gasteiger partial charge in [-0.2, -0.15) is 0 Å². The summed E-state index contributed by atoms with van der Waals surface area (Å²) in [7, 11) is 0. The molecule has 1 aromatic rings. The van der Waals surface area contributed by atoms with E-state index in [-0.39, 0.29) is 5.69 Å². The predicted octanol–water partition coefficient (Wildman–Crippen LogP) is 2.48. The highest BCUT2D eigenvalue weighted by Gasteiger charge is 2.48. The van der Waals surface area contributed by atoms with E-state index in [1.54, 1.807) is 0 Å². The summed E-state index contributed by atoms with van der Waals surface area (Å²) in [5, 5.41) is 11.2. The molecule has 0 bridgehead atoms. The van der Waals surface area contributed by atoms with Crippen LogP contribution in [0.2, 0.25) is 5.02 Å². The highest BCUT2D eigenvalue weighted by atomic mass is 35.5. The molecule has 78 valence electrons. The van der Waals surface area contributed by atoms with Gasteiger partial charge in [-0.05, 0) is 25.0 Å². The molecule has 1 fully saturated rings. The van der Waals surface area contributed by atoms with Crippen LogP contribution in [-0.2, 0) is 10.2 Å². The highest BCUT2D eigenvalue weighted by Crippen LogP contribution is 2.49. The first-order valence-electron chi connectivity index (χ1n) is 4.50. The average molecular weight is 226 g/mol. The molecule has 0 aromatic heterocycles. The smallest absolute Gasteiger partial charge is 0.273 e. The van der Waals surface area contributed by atoms with Gasteiger partial charge in [0.25, 0.3) is 5.69 Å². The molecule has 1 aliphatic carbocycles. The molecule has 0 radical (unpaired) electrons. The van der Waals surface area contributed by atoms with Gasteiger partial charge in [-0.15, -0.1) is 0 Å². The minimum atomic E-state index is -0.659. The lowest BCUT2D eigenvalue weighted by Gasteiger charge is -2.08. The summed E-state index contributed by atoms with van der Waals surface area (Å²) in [4.78, 5) is 21.2. The number of carbonyl (C=O) groups excluding carboxylic acids is 1.